The number of benzene rings is 2. The van der Waals surface area contributed by atoms with Crippen molar-refractivity contribution < 1.29 is 18.3 Å². The molecule has 0 atom stereocenters. The van der Waals surface area contributed by atoms with E-state index in [0.717, 1.165) is 0 Å². The second kappa shape index (κ2) is 5.44. The van der Waals surface area contributed by atoms with Crippen molar-refractivity contribution in [2.75, 3.05) is 18.1 Å². The summed E-state index contributed by atoms with van der Waals surface area (Å²) in [5.74, 6) is -0.820. The van der Waals surface area contributed by atoms with Gasteiger partial charge in [-0.3, -0.25) is 4.79 Å². The summed E-state index contributed by atoms with van der Waals surface area (Å²) < 4.78 is 32.1. The third-order valence-corrected chi connectivity index (χ3v) is 3.85. The fraction of sp³-hybridized carbons (Fsp3) is 0.133. The SMILES string of the molecule is O=C(c1ccc(F)cc1Br)N1CCOc2cc(F)ccc21. The van der Waals surface area contributed by atoms with Crippen LogP contribution in [0, 0.1) is 11.6 Å². The summed E-state index contributed by atoms with van der Waals surface area (Å²) in [6.07, 6.45) is 0. The van der Waals surface area contributed by atoms with E-state index >= 15 is 0 Å². The Labute approximate surface area is 128 Å². The van der Waals surface area contributed by atoms with Gasteiger partial charge in [0.05, 0.1) is 17.8 Å². The van der Waals surface area contributed by atoms with E-state index in [4.69, 9.17) is 4.74 Å². The van der Waals surface area contributed by atoms with Gasteiger partial charge in [0.1, 0.15) is 24.0 Å². The Morgan fingerprint density at radius 2 is 1.86 bits per heavy atom. The average molecular weight is 354 g/mol. The van der Waals surface area contributed by atoms with E-state index in [1.54, 1.807) is 0 Å². The highest BCUT2D eigenvalue weighted by atomic mass is 79.9. The van der Waals surface area contributed by atoms with E-state index in [1.165, 1.54) is 41.3 Å². The molecule has 0 N–H and O–H groups in total. The number of hydrogen-bond acceptors (Lipinski definition) is 2. The zero-order chi connectivity index (χ0) is 15.0. The molecule has 1 amide bonds. The first kappa shape index (κ1) is 14.0. The highest BCUT2D eigenvalue weighted by Gasteiger charge is 2.26. The average Bonchev–Trinajstić information content (AvgIpc) is 2.45. The largest absolute Gasteiger partial charge is 0.489 e. The van der Waals surface area contributed by atoms with Crippen molar-refractivity contribution >= 4 is 27.5 Å². The number of nitrogens with zero attached hydrogens (tertiary/aromatic N) is 1. The van der Waals surface area contributed by atoms with E-state index in [9.17, 15) is 13.6 Å². The Bertz CT molecular complexity index is 721. The first-order chi connectivity index (χ1) is 10.1. The Kier molecular flexibility index (Phi) is 3.63. The lowest BCUT2D eigenvalue weighted by atomic mass is 10.1. The number of carbonyl (C=O) groups is 1. The number of rotatable bonds is 1. The lowest BCUT2D eigenvalue weighted by Gasteiger charge is -2.29. The predicted octanol–water partition coefficient (Wildman–Crippen LogP) is 3.77. The molecule has 0 aromatic heterocycles. The van der Waals surface area contributed by atoms with Gasteiger partial charge < -0.3 is 9.64 Å². The maximum absolute atomic E-state index is 13.2. The van der Waals surface area contributed by atoms with Crippen molar-refractivity contribution in [2.45, 2.75) is 0 Å². The lowest BCUT2D eigenvalue weighted by molar-refractivity contribution is 0.0975. The van der Waals surface area contributed by atoms with Gasteiger partial charge in [0.25, 0.3) is 5.91 Å². The molecule has 2 aromatic rings. The first-order valence-electron chi connectivity index (χ1n) is 6.25. The Morgan fingerprint density at radius 1 is 1.14 bits per heavy atom. The topological polar surface area (TPSA) is 29.5 Å². The van der Waals surface area contributed by atoms with E-state index in [2.05, 4.69) is 15.9 Å². The van der Waals surface area contributed by atoms with Crippen molar-refractivity contribution in [3.8, 4) is 5.75 Å². The zero-order valence-corrected chi connectivity index (χ0v) is 12.4. The monoisotopic (exact) mass is 353 g/mol. The fourth-order valence-electron chi connectivity index (χ4n) is 2.21. The summed E-state index contributed by atoms with van der Waals surface area (Å²) >= 11 is 3.19. The number of hydrogen-bond donors (Lipinski definition) is 0. The molecule has 0 aliphatic carbocycles. The molecule has 0 saturated heterocycles. The summed E-state index contributed by atoms with van der Waals surface area (Å²) in [6.45, 7) is 0.627. The third-order valence-electron chi connectivity index (χ3n) is 3.19. The maximum atomic E-state index is 13.2. The van der Waals surface area contributed by atoms with Crippen molar-refractivity contribution in [1.82, 2.24) is 0 Å². The molecular weight excluding hydrogens is 344 g/mol. The first-order valence-corrected chi connectivity index (χ1v) is 7.05. The van der Waals surface area contributed by atoms with Gasteiger partial charge in [-0.1, -0.05) is 0 Å². The van der Waals surface area contributed by atoms with Crippen LogP contribution in [0.3, 0.4) is 0 Å². The molecule has 108 valence electrons. The molecular formula is C15H10BrF2NO2. The van der Waals surface area contributed by atoms with Crippen LogP contribution in [0.25, 0.3) is 0 Å². The van der Waals surface area contributed by atoms with Gasteiger partial charge in [0, 0.05) is 10.5 Å². The molecule has 6 heteroatoms. The second-order valence-corrected chi connectivity index (χ2v) is 5.40. The zero-order valence-electron chi connectivity index (χ0n) is 10.8. The molecule has 21 heavy (non-hydrogen) atoms. The van der Waals surface area contributed by atoms with Gasteiger partial charge in [0.2, 0.25) is 0 Å². The van der Waals surface area contributed by atoms with Gasteiger partial charge in [0.15, 0.2) is 0 Å². The summed E-state index contributed by atoms with van der Waals surface area (Å²) in [5, 5.41) is 0. The number of amides is 1. The highest BCUT2D eigenvalue weighted by molar-refractivity contribution is 9.10. The molecule has 1 aliphatic rings. The van der Waals surface area contributed by atoms with Crippen molar-refractivity contribution in [3.05, 3.63) is 58.1 Å². The third kappa shape index (κ3) is 2.63. The molecule has 0 fully saturated rings. The van der Waals surface area contributed by atoms with E-state index in [-0.39, 0.29) is 12.5 Å². The number of ether oxygens (including phenoxy) is 1. The number of carbonyl (C=O) groups excluding carboxylic acids is 1. The normalized spacial score (nSPS) is 13.6. The van der Waals surface area contributed by atoms with Crippen LogP contribution in [-0.4, -0.2) is 19.1 Å². The predicted molar refractivity (Wildman–Crippen MR) is 77.7 cm³/mol. The van der Waals surface area contributed by atoms with Gasteiger partial charge in [-0.25, -0.2) is 8.78 Å². The molecule has 2 aromatic carbocycles. The minimum absolute atomic E-state index is 0.279. The van der Waals surface area contributed by atoms with Crippen molar-refractivity contribution in [1.29, 1.82) is 0 Å². The molecule has 0 saturated carbocycles. The molecule has 3 nitrogen and oxygen atoms in total. The molecule has 1 aliphatic heterocycles. The van der Waals surface area contributed by atoms with Crippen molar-refractivity contribution in [3.63, 3.8) is 0 Å². The molecule has 0 spiro atoms. The van der Waals surface area contributed by atoms with Crippen molar-refractivity contribution in [2.24, 2.45) is 0 Å². The molecule has 0 radical (unpaired) electrons. The highest BCUT2D eigenvalue weighted by Crippen LogP contribution is 2.34. The van der Waals surface area contributed by atoms with Crippen LogP contribution in [0.2, 0.25) is 0 Å². The number of halogens is 3. The quantitative estimate of drug-likeness (QED) is 0.780. The second-order valence-electron chi connectivity index (χ2n) is 4.54. The van der Waals surface area contributed by atoms with E-state index < -0.39 is 11.6 Å². The van der Waals surface area contributed by atoms with E-state index in [0.29, 0.717) is 28.0 Å². The Balaban J connectivity index is 2.00. The Hall–Kier alpha value is -1.95. The van der Waals surface area contributed by atoms with Crippen LogP contribution in [0.5, 0.6) is 5.75 Å². The molecule has 0 unspecified atom stereocenters. The van der Waals surface area contributed by atoms with Gasteiger partial charge in [-0.2, -0.15) is 0 Å². The molecule has 0 bridgehead atoms. The number of anilines is 1. The standard InChI is InChI=1S/C15H10BrF2NO2/c16-12-7-9(17)1-3-11(12)15(20)19-5-6-21-14-8-10(18)2-4-13(14)19/h1-4,7-8H,5-6H2. The molecule has 1 heterocycles. The summed E-state index contributed by atoms with van der Waals surface area (Å²) in [4.78, 5) is 14.1. The van der Waals surface area contributed by atoms with Crippen LogP contribution in [0.15, 0.2) is 40.9 Å². The Morgan fingerprint density at radius 3 is 2.62 bits per heavy atom. The van der Waals surface area contributed by atoms with Gasteiger partial charge in [-0.15, -0.1) is 0 Å². The van der Waals surface area contributed by atoms with Crippen LogP contribution in [0.4, 0.5) is 14.5 Å². The smallest absolute Gasteiger partial charge is 0.259 e. The van der Waals surface area contributed by atoms with Crippen LogP contribution >= 0.6 is 15.9 Å². The van der Waals surface area contributed by atoms with Gasteiger partial charge in [-0.05, 0) is 46.3 Å². The van der Waals surface area contributed by atoms with Crippen LogP contribution < -0.4 is 9.64 Å². The summed E-state index contributed by atoms with van der Waals surface area (Å²) in [5.41, 5.74) is 0.845. The maximum Gasteiger partial charge on any atom is 0.259 e. The minimum atomic E-state index is -0.428. The van der Waals surface area contributed by atoms with Crippen LogP contribution in [-0.2, 0) is 0 Å². The summed E-state index contributed by atoms with van der Waals surface area (Å²) in [6, 6.07) is 7.89. The van der Waals surface area contributed by atoms with E-state index in [1.807, 2.05) is 0 Å². The van der Waals surface area contributed by atoms with Crippen LogP contribution in [0.1, 0.15) is 10.4 Å². The lowest BCUT2D eigenvalue weighted by Crippen LogP contribution is -2.38. The fourth-order valence-corrected chi connectivity index (χ4v) is 2.73. The summed E-state index contributed by atoms with van der Waals surface area (Å²) in [7, 11) is 0. The molecule has 3 rings (SSSR count). The number of fused-ring (bicyclic) bond motifs is 1. The van der Waals surface area contributed by atoms with Gasteiger partial charge >= 0.3 is 0 Å². The minimum Gasteiger partial charge on any atom is -0.489 e.